The second-order valence-corrected chi connectivity index (χ2v) is 8.57. The Morgan fingerprint density at radius 2 is 2.06 bits per heavy atom. The summed E-state index contributed by atoms with van der Waals surface area (Å²) < 4.78 is 30.8. The van der Waals surface area contributed by atoms with Crippen molar-refractivity contribution >= 4 is 16.9 Å². The molecule has 0 amide bonds. The molecule has 0 saturated carbocycles. The number of carboxylic acids is 1. The molecular formula is C22H20F2N2O5. The Morgan fingerprint density at radius 1 is 1.35 bits per heavy atom. The normalized spacial score (nSPS) is 15.6. The van der Waals surface area contributed by atoms with Gasteiger partial charge in [0.1, 0.15) is 11.3 Å². The standard InChI is InChI=1S/C22H20F2N2O5/c1-22(2,3)12-7-10-9-5-4-6-25-16(9)13(31-21(23)24)8-11(10)17-14(12)18(27)15(20(29)30)19(28)26-17/h4-6,8,12,21H,7H2,1-3H3,(H,29,30)(H2,26,27,28)/t12-/m1/s1. The van der Waals surface area contributed by atoms with Crippen LogP contribution in [0.2, 0.25) is 0 Å². The van der Waals surface area contributed by atoms with Crippen LogP contribution in [0.4, 0.5) is 8.78 Å². The largest absolute Gasteiger partial charge is 0.506 e. The number of aromatic carboxylic acids is 1. The first kappa shape index (κ1) is 20.8. The molecule has 0 saturated heterocycles. The van der Waals surface area contributed by atoms with Gasteiger partial charge in [0, 0.05) is 22.7 Å². The van der Waals surface area contributed by atoms with Crippen LogP contribution < -0.4 is 10.3 Å². The number of H-pyrrole nitrogens is 1. The average molecular weight is 430 g/mol. The van der Waals surface area contributed by atoms with Gasteiger partial charge in [-0.2, -0.15) is 8.78 Å². The number of ether oxygens (including phenoxy) is 1. The molecule has 1 atom stereocenters. The number of aromatic amines is 1. The van der Waals surface area contributed by atoms with Gasteiger partial charge in [0.15, 0.2) is 11.3 Å². The van der Waals surface area contributed by atoms with Gasteiger partial charge in [-0.25, -0.2) is 4.79 Å². The van der Waals surface area contributed by atoms with Gasteiger partial charge in [-0.3, -0.25) is 9.78 Å². The molecule has 0 aliphatic heterocycles. The second kappa shape index (κ2) is 7.04. The number of nitrogens with one attached hydrogen (secondary N) is 1. The summed E-state index contributed by atoms with van der Waals surface area (Å²) in [6.07, 6.45) is 1.85. The zero-order valence-electron chi connectivity index (χ0n) is 17.0. The predicted molar refractivity (Wildman–Crippen MR) is 109 cm³/mol. The Kier molecular flexibility index (Phi) is 4.72. The highest BCUT2D eigenvalue weighted by molar-refractivity contribution is 5.97. The van der Waals surface area contributed by atoms with Crippen molar-refractivity contribution in [2.45, 2.75) is 39.7 Å². The molecule has 1 aromatic carbocycles. The SMILES string of the molecule is CC(C)(C)[C@@H]1Cc2c(cc(OC(F)F)c3ncccc23)-c2[nH]c(=O)c(C(=O)O)c(O)c21. The van der Waals surface area contributed by atoms with E-state index in [1.807, 2.05) is 20.8 Å². The minimum absolute atomic E-state index is 0.174. The Balaban J connectivity index is 2.14. The summed E-state index contributed by atoms with van der Waals surface area (Å²) in [6.45, 7) is 2.72. The van der Waals surface area contributed by atoms with Crippen LogP contribution in [0.15, 0.2) is 29.2 Å². The van der Waals surface area contributed by atoms with Crippen LogP contribution in [0.1, 0.15) is 48.2 Å². The van der Waals surface area contributed by atoms with Crippen molar-refractivity contribution in [2.75, 3.05) is 0 Å². The lowest BCUT2D eigenvalue weighted by atomic mass is 9.67. The van der Waals surface area contributed by atoms with Gasteiger partial charge in [0.05, 0.1) is 5.69 Å². The molecule has 0 unspecified atom stereocenters. The summed E-state index contributed by atoms with van der Waals surface area (Å²) in [5, 5.41) is 20.8. The first-order valence-electron chi connectivity index (χ1n) is 9.59. The first-order valence-corrected chi connectivity index (χ1v) is 9.59. The monoisotopic (exact) mass is 430 g/mol. The van der Waals surface area contributed by atoms with Crippen molar-refractivity contribution in [1.29, 1.82) is 0 Å². The van der Waals surface area contributed by atoms with E-state index in [1.165, 1.54) is 12.3 Å². The minimum Gasteiger partial charge on any atom is -0.506 e. The Bertz CT molecular complexity index is 1280. The molecule has 2 aromatic heterocycles. The average Bonchev–Trinajstić information content (AvgIpc) is 2.66. The highest BCUT2D eigenvalue weighted by Gasteiger charge is 2.39. The quantitative estimate of drug-likeness (QED) is 0.572. The molecule has 0 spiro atoms. The first-order chi connectivity index (χ1) is 14.5. The number of nitrogens with zero attached hydrogens (tertiary/aromatic N) is 1. The highest BCUT2D eigenvalue weighted by atomic mass is 19.3. The third-order valence-electron chi connectivity index (χ3n) is 5.69. The van der Waals surface area contributed by atoms with Gasteiger partial charge in [0.25, 0.3) is 5.56 Å². The molecule has 0 bridgehead atoms. The number of aromatic hydroxyl groups is 1. The summed E-state index contributed by atoms with van der Waals surface area (Å²) in [7, 11) is 0. The van der Waals surface area contributed by atoms with E-state index in [9.17, 15) is 28.6 Å². The van der Waals surface area contributed by atoms with Crippen LogP contribution in [0.5, 0.6) is 11.5 Å². The third kappa shape index (κ3) is 3.30. The lowest BCUT2D eigenvalue weighted by molar-refractivity contribution is -0.0489. The van der Waals surface area contributed by atoms with Crippen LogP contribution in [-0.4, -0.2) is 32.8 Å². The Morgan fingerprint density at radius 3 is 2.68 bits per heavy atom. The van der Waals surface area contributed by atoms with E-state index >= 15 is 0 Å². The number of benzene rings is 1. The molecule has 9 heteroatoms. The molecule has 3 N–H and O–H groups in total. The zero-order chi connectivity index (χ0) is 22.7. The Labute approximate surface area is 175 Å². The van der Waals surface area contributed by atoms with Crippen molar-refractivity contribution in [3.05, 3.63) is 51.4 Å². The smallest absolute Gasteiger partial charge is 0.387 e. The zero-order valence-corrected chi connectivity index (χ0v) is 17.0. The number of fused-ring (bicyclic) bond motifs is 5. The maximum absolute atomic E-state index is 13.1. The fourth-order valence-electron chi connectivity index (χ4n) is 4.31. The van der Waals surface area contributed by atoms with Crippen LogP contribution >= 0.6 is 0 Å². The minimum atomic E-state index is -3.09. The topological polar surface area (TPSA) is 113 Å². The lowest BCUT2D eigenvalue weighted by Gasteiger charge is -2.37. The molecular weight excluding hydrogens is 410 g/mol. The van der Waals surface area contributed by atoms with Crippen LogP contribution in [0, 0.1) is 5.41 Å². The van der Waals surface area contributed by atoms with Crippen LogP contribution in [0.3, 0.4) is 0 Å². The number of halogens is 2. The molecule has 0 fully saturated rings. The number of hydrogen-bond donors (Lipinski definition) is 3. The molecule has 162 valence electrons. The lowest BCUT2D eigenvalue weighted by Crippen LogP contribution is -2.29. The van der Waals surface area contributed by atoms with E-state index < -0.39 is 34.9 Å². The number of carbonyl (C=O) groups is 1. The molecule has 31 heavy (non-hydrogen) atoms. The number of rotatable bonds is 3. The predicted octanol–water partition coefficient (Wildman–Crippen LogP) is 4.28. The van der Waals surface area contributed by atoms with Gasteiger partial charge in [-0.15, -0.1) is 0 Å². The second-order valence-electron chi connectivity index (χ2n) is 8.57. The molecule has 1 aliphatic carbocycles. The van der Waals surface area contributed by atoms with Crippen molar-refractivity contribution in [1.82, 2.24) is 9.97 Å². The summed E-state index contributed by atoms with van der Waals surface area (Å²) in [6, 6.07) is 4.75. The van der Waals surface area contributed by atoms with Gasteiger partial charge in [-0.1, -0.05) is 26.8 Å². The Hall–Kier alpha value is -3.49. The number of aromatic nitrogens is 2. The molecule has 0 radical (unpaired) electrons. The maximum atomic E-state index is 13.1. The molecule has 1 aliphatic rings. The van der Waals surface area contributed by atoms with Gasteiger partial charge < -0.3 is 19.9 Å². The molecule has 4 rings (SSSR count). The van der Waals surface area contributed by atoms with Crippen molar-refractivity contribution < 1.29 is 28.5 Å². The number of alkyl halides is 2. The summed E-state index contributed by atoms with van der Waals surface area (Å²) in [5.41, 5.74) is -0.306. The van der Waals surface area contributed by atoms with E-state index in [2.05, 4.69) is 14.7 Å². The number of carboxylic acid groups (broad SMARTS) is 1. The molecule has 7 nitrogen and oxygen atoms in total. The van der Waals surface area contributed by atoms with E-state index in [0.717, 1.165) is 5.56 Å². The van der Waals surface area contributed by atoms with Crippen LogP contribution in [-0.2, 0) is 6.42 Å². The molecule has 2 heterocycles. The van der Waals surface area contributed by atoms with E-state index in [0.29, 0.717) is 17.4 Å². The van der Waals surface area contributed by atoms with Crippen molar-refractivity contribution in [3.63, 3.8) is 0 Å². The van der Waals surface area contributed by atoms with Gasteiger partial charge in [-0.05, 0) is 35.4 Å². The third-order valence-corrected chi connectivity index (χ3v) is 5.69. The van der Waals surface area contributed by atoms with Gasteiger partial charge >= 0.3 is 12.6 Å². The van der Waals surface area contributed by atoms with E-state index in [-0.39, 0.29) is 28.4 Å². The van der Waals surface area contributed by atoms with Crippen molar-refractivity contribution in [2.24, 2.45) is 5.41 Å². The number of hydrogen-bond acceptors (Lipinski definition) is 5. The van der Waals surface area contributed by atoms with Crippen molar-refractivity contribution in [3.8, 4) is 22.8 Å². The van der Waals surface area contributed by atoms with E-state index in [1.54, 1.807) is 12.1 Å². The van der Waals surface area contributed by atoms with Crippen LogP contribution in [0.25, 0.3) is 22.2 Å². The van der Waals surface area contributed by atoms with E-state index in [4.69, 9.17) is 0 Å². The summed E-state index contributed by atoms with van der Waals surface area (Å²) in [4.78, 5) is 30.8. The summed E-state index contributed by atoms with van der Waals surface area (Å²) in [5.74, 6) is -2.70. The maximum Gasteiger partial charge on any atom is 0.387 e. The molecule has 3 aromatic rings. The van der Waals surface area contributed by atoms with Gasteiger partial charge in [0.2, 0.25) is 0 Å². The fourth-order valence-corrected chi connectivity index (χ4v) is 4.31. The fraction of sp³-hybridized carbons (Fsp3) is 0.318. The number of pyridine rings is 2. The summed E-state index contributed by atoms with van der Waals surface area (Å²) >= 11 is 0. The highest BCUT2D eigenvalue weighted by Crippen LogP contribution is 2.52.